The van der Waals surface area contributed by atoms with Crippen molar-refractivity contribution >= 4 is 29.4 Å². The summed E-state index contributed by atoms with van der Waals surface area (Å²) in [6, 6.07) is 5.21. The van der Waals surface area contributed by atoms with Crippen LogP contribution in [-0.2, 0) is 14.3 Å². The number of amides is 2. The molecule has 0 aromatic heterocycles. The quantitative estimate of drug-likeness (QED) is 0.626. The van der Waals surface area contributed by atoms with Gasteiger partial charge in [-0.25, -0.2) is 4.79 Å². The molecule has 1 aromatic carbocycles. The smallest absolute Gasteiger partial charge is 0.330 e. The number of hydrogen-bond donors (Lipinski definition) is 3. The number of ether oxygens (including phenoxy) is 1. The largest absolute Gasteiger partial charge is 0.467 e. The van der Waals surface area contributed by atoms with Crippen molar-refractivity contribution < 1.29 is 24.2 Å². The van der Waals surface area contributed by atoms with Gasteiger partial charge in [0.1, 0.15) is 0 Å². The summed E-state index contributed by atoms with van der Waals surface area (Å²) in [6.45, 7) is -0.964. The Bertz CT molecular complexity index is 535. The highest BCUT2D eigenvalue weighted by atomic mass is 35.5. The minimum Gasteiger partial charge on any atom is -0.467 e. The molecule has 0 aliphatic rings. The number of carbonyl (C=O) groups excluding carboxylic acids is 3. The first-order valence-corrected chi connectivity index (χ1v) is 6.38. The molecule has 1 atom stereocenters. The molecule has 0 aliphatic heterocycles. The molecule has 21 heavy (non-hydrogen) atoms. The monoisotopic (exact) mass is 314 g/mol. The van der Waals surface area contributed by atoms with Gasteiger partial charge in [-0.1, -0.05) is 23.7 Å². The van der Waals surface area contributed by atoms with Crippen molar-refractivity contribution in [1.29, 1.82) is 0 Å². The van der Waals surface area contributed by atoms with Gasteiger partial charge in [0.05, 0.1) is 30.8 Å². The molecule has 0 bridgehead atoms. The van der Waals surface area contributed by atoms with Gasteiger partial charge in [-0.05, 0) is 12.1 Å². The van der Waals surface area contributed by atoms with E-state index in [0.717, 1.165) is 7.11 Å². The highest BCUT2D eigenvalue weighted by Crippen LogP contribution is 2.14. The fraction of sp³-hybridized carbons (Fsp3) is 0.308. The van der Waals surface area contributed by atoms with Crippen LogP contribution in [0.4, 0.5) is 0 Å². The molecule has 0 unspecified atom stereocenters. The summed E-state index contributed by atoms with van der Waals surface area (Å²) in [5.74, 6) is -1.93. The molecular weight excluding hydrogens is 300 g/mol. The van der Waals surface area contributed by atoms with Crippen LogP contribution in [0.1, 0.15) is 10.4 Å². The number of carbonyl (C=O) groups is 3. The molecule has 1 rings (SSSR count). The van der Waals surface area contributed by atoms with Crippen molar-refractivity contribution in [3.63, 3.8) is 0 Å². The highest BCUT2D eigenvalue weighted by molar-refractivity contribution is 6.33. The van der Waals surface area contributed by atoms with Crippen LogP contribution in [0.25, 0.3) is 0 Å². The Morgan fingerprint density at radius 1 is 1.33 bits per heavy atom. The van der Waals surface area contributed by atoms with Crippen LogP contribution < -0.4 is 10.6 Å². The fourth-order valence-electron chi connectivity index (χ4n) is 1.47. The summed E-state index contributed by atoms with van der Waals surface area (Å²) >= 11 is 5.85. The minimum absolute atomic E-state index is 0.235. The first-order chi connectivity index (χ1) is 9.99. The molecule has 0 fully saturated rings. The number of esters is 1. The fourth-order valence-corrected chi connectivity index (χ4v) is 1.69. The van der Waals surface area contributed by atoms with E-state index in [9.17, 15) is 14.4 Å². The third-order valence-corrected chi connectivity index (χ3v) is 2.86. The van der Waals surface area contributed by atoms with Gasteiger partial charge in [0, 0.05) is 0 Å². The van der Waals surface area contributed by atoms with E-state index in [1.807, 2.05) is 0 Å². The lowest BCUT2D eigenvalue weighted by Gasteiger charge is -2.14. The summed E-state index contributed by atoms with van der Waals surface area (Å²) in [5, 5.41) is 13.8. The molecule has 114 valence electrons. The molecule has 8 heteroatoms. The van der Waals surface area contributed by atoms with Gasteiger partial charge in [-0.15, -0.1) is 0 Å². The number of aliphatic hydroxyl groups excluding tert-OH is 1. The molecule has 2 amide bonds. The lowest BCUT2D eigenvalue weighted by atomic mass is 10.2. The topological polar surface area (TPSA) is 105 Å². The lowest BCUT2D eigenvalue weighted by Crippen LogP contribution is -2.47. The third-order valence-electron chi connectivity index (χ3n) is 2.53. The van der Waals surface area contributed by atoms with Gasteiger partial charge < -0.3 is 20.5 Å². The predicted molar refractivity (Wildman–Crippen MR) is 74.8 cm³/mol. The number of aliphatic hydroxyl groups is 1. The Kier molecular flexibility index (Phi) is 6.64. The molecule has 3 N–H and O–H groups in total. The first kappa shape index (κ1) is 16.9. The lowest BCUT2D eigenvalue weighted by molar-refractivity contribution is -0.146. The predicted octanol–water partition coefficient (Wildman–Crippen LogP) is -0.280. The van der Waals surface area contributed by atoms with Crippen molar-refractivity contribution in [2.24, 2.45) is 0 Å². The number of hydrogen-bond acceptors (Lipinski definition) is 5. The highest BCUT2D eigenvalue weighted by Gasteiger charge is 2.20. The van der Waals surface area contributed by atoms with Crippen LogP contribution in [0.5, 0.6) is 0 Å². The maximum Gasteiger partial charge on any atom is 0.330 e. The van der Waals surface area contributed by atoms with Crippen molar-refractivity contribution in [2.75, 3.05) is 20.3 Å². The second-order valence-electron chi connectivity index (χ2n) is 3.99. The second-order valence-corrected chi connectivity index (χ2v) is 4.40. The van der Waals surface area contributed by atoms with Crippen molar-refractivity contribution in [3.05, 3.63) is 34.9 Å². The Labute approximate surface area is 126 Å². The van der Waals surface area contributed by atoms with E-state index >= 15 is 0 Å². The number of benzene rings is 1. The Hall–Kier alpha value is -2.12. The Morgan fingerprint density at radius 3 is 2.57 bits per heavy atom. The first-order valence-electron chi connectivity index (χ1n) is 6.00. The summed E-state index contributed by atoms with van der Waals surface area (Å²) in [4.78, 5) is 34.6. The summed E-state index contributed by atoms with van der Waals surface area (Å²) in [6.07, 6.45) is 0. The van der Waals surface area contributed by atoms with E-state index in [4.69, 9.17) is 16.7 Å². The Morgan fingerprint density at radius 2 is 2.00 bits per heavy atom. The third kappa shape index (κ3) is 5.05. The van der Waals surface area contributed by atoms with Gasteiger partial charge in [0.2, 0.25) is 5.91 Å². The van der Waals surface area contributed by atoms with Gasteiger partial charge in [-0.3, -0.25) is 9.59 Å². The summed E-state index contributed by atoms with van der Waals surface area (Å²) in [7, 11) is 1.14. The number of methoxy groups -OCH3 is 1. The molecule has 0 radical (unpaired) electrons. The number of halogens is 1. The van der Waals surface area contributed by atoms with Crippen LogP contribution in [0.2, 0.25) is 5.02 Å². The van der Waals surface area contributed by atoms with E-state index in [0.29, 0.717) is 0 Å². The SMILES string of the molecule is COC(=O)[C@H](CO)NC(=O)CNC(=O)c1ccccc1Cl. The average molecular weight is 315 g/mol. The zero-order valence-corrected chi connectivity index (χ0v) is 12.0. The van der Waals surface area contributed by atoms with E-state index in [1.165, 1.54) is 6.07 Å². The molecule has 0 saturated heterocycles. The molecule has 0 heterocycles. The van der Waals surface area contributed by atoms with Gasteiger partial charge in [-0.2, -0.15) is 0 Å². The van der Waals surface area contributed by atoms with Gasteiger partial charge in [0.25, 0.3) is 5.91 Å². The van der Waals surface area contributed by atoms with Crippen molar-refractivity contribution in [1.82, 2.24) is 10.6 Å². The number of rotatable bonds is 6. The van der Waals surface area contributed by atoms with Crippen molar-refractivity contribution in [3.8, 4) is 0 Å². The summed E-state index contributed by atoms with van der Waals surface area (Å²) in [5.41, 5.74) is 0.235. The molecule has 0 aliphatic carbocycles. The molecule has 0 saturated carbocycles. The molecule has 7 nitrogen and oxygen atoms in total. The van der Waals surface area contributed by atoms with E-state index in [2.05, 4.69) is 15.4 Å². The van der Waals surface area contributed by atoms with E-state index < -0.39 is 30.4 Å². The minimum atomic E-state index is -1.17. The second kappa shape index (κ2) is 8.23. The summed E-state index contributed by atoms with van der Waals surface area (Å²) < 4.78 is 4.40. The van der Waals surface area contributed by atoms with E-state index in [-0.39, 0.29) is 17.1 Å². The maximum atomic E-state index is 11.8. The van der Waals surface area contributed by atoms with Gasteiger partial charge >= 0.3 is 5.97 Å². The van der Waals surface area contributed by atoms with Crippen LogP contribution in [-0.4, -0.2) is 49.2 Å². The van der Waals surface area contributed by atoms with E-state index in [1.54, 1.807) is 18.2 Å². The van der Waals surface area contributed by atoms with Gasteiger partial charge in [0.15, 0.2) is 6.04 Å². The zero-order chi connectivity index (χ0) is 15.8. The Balaban J connectivity index is 2.51. The molecular formula is C13H15ClN2O5. The zero-order valence-electron chi connectivity index (χ0n) is 11.3. The average Bonchev–Trinajstić information content (AvgIpc) is 2.49. The van der Waals surface area contributed by atoms with Crippen molar-refractivity contribution in [2.45, 2.75) is 6.04 Å². The van der Waals surface area contributed by atoms with Crippen LogP contribution >= 0.6 is 11.6 Å². The van der Waals surface area contributed by atoms with Crippen LogP contribution in [0, 0.1) is 0 Å². The standard InChI is InChI=1S/C13H15ClN2O5/c1-21-13(20)10(7-17)16-11(18)6-15-12(19)8-4-2-3-5-9(8)14/h2-5,10,17H,6-7H2,1H3,(H,15,19)(H,16,18)/t10-/m0/s1. The molecule has 1 aromatic rings. The normalized spacial score (nSPS) is 11.4. The maximum absolute atomic E-state index is 11.8. The molecule has 0 spiro atoms. The van der Waals surface area contributed by atoms with Crippen LogP contribution in [0.15, 0.2) is 24.3 Å². The number of nitrogens with one attached hydrogen (secondary N) is 2. The van der Waals surface area contributed by atoms with Crippen LogP contribution in [0.3, 0.4) is 0 Å².